The molecule has 23 heavy (non-hydrogen) atoms. The zero-order valence-corrected chi connectivity index (χ0v) is 15.5. The summed E-state index contributed by atoms with van der Waals surface area (Å²) < 4.78 is 0.332. The van der Waals surface area contributed by atoms with Gasteiger partial charge in [-0.05, 0) is 73.8 Å². The van der Waals surface area contributed by atoms with E-state index in [2.05, 4.69) is 34.2 Å². The molecule has 124 valence electrons. The predicted molar refractivity (Wildman–Crippen MR) is 97.8 cm³/mol. The van der Waals surface area contributed by atoms with Crippen molar-refractivity contribution in [3.8, 4) is 0 Å². The van der Waals surface area contributed by atoms with E-state index in [1.165, 1.54) is 44.1 Å². The number of para-hydroxylation sites is 1. The van der Waals surface area contributed by atoms with Crippen LogP contribution >= 0.6 is 15.9 Å². The highest BCUT2D eigenvalue weighted by atomic mass is 79.9. The second kappa shape index (κ2) is 5.61. The van der Waals surface area contributed by atoms with Gasteiger partial charge in [-0.1, -0.05) is 41.1 Å². The Balaban J connectivity index is 1.49. The number of carbonyl (C=O) groups is 1. The Morgan fingerprint density at radius 1 is 1.22 bits per heavy atom. The van der Waals surface area contributed by atoms with Gasteiger partial charge in [0.2, 0.25) is 5.91 Å². The van der Waals surface area contributed by atoms with Crippen molar-refractivity contribution in [3.63, 3.8) is 0 Å². The molecule has 2 atom stereocenters. The summed E-state index contributed by atoms with van der Waals surface area (Å²) in [5.74, 6) is 1.89. The smallest absolute Gasteiger partial charge is 0.224 e. The minimum Gasteiger partial charge on any atom is -0.326 e. The van der Waals surface area contributed by atoms with Crippen molar-refractivity contribution in [2.75, 3.05) is 5.32 Å². The molecule has 4 bridgehead atoms. The van der Waals surface area contributed by atoms with Gasteiger partial charge in [-0.15, -0.1) is 0 Å². The summed E-state index contributed by atoms with van der Waals surface area (Å²) in [4.78, 5) is 12.7. The van der Waals surface area contributed by atoms with Gasteiger partial charge in [-0.2, -0.15) is 0 Å². The number of nitrogens with one attached hydrogen (secondary N) is 1. The van der Waals surface area contributed by atoms with Crippen LogP contribution in [0.15, 0.2) is 24.3 Å². The van der Waals surface area contributed by atoms with Crippen molar-refractivity contribution in [2.45, 2.75) is 62.6 Å². The summed E-state index contributed by atoms with van der Waals surface area (Å²) in [6.45, 7) is 2.14. The number of amides is 1. The maximum atomic E-state index is 12.7. The van der Waals surface area contributed by atoms with E-state index in [9.17, 15) is 4.79 Å². The largest absolute Gasteiger partial charge is 0.326 e. The van der Waals surface area contributed by atoms with Crippen LogP contribution < -0.4 is 5.32 Å². The zero-order chi connectivity index (χ0) is 16.1. The van der Waals surface area contributed by atoms with E-state index in [-0.39, 0.29) is 11.3 Å². The van der Waals surface area contributed by atoms with Crippen LogP contribution in [-0.2, 0) is 11.2 Å². The number of anilines is 1. The third-order valence-electron chi connectivity index (χ3n) is 6.32. The van der Waals surface area contributed by atoms with Crippen molar-refractivity contribution in [1.29, 1.82) is 0 Å². The lowest BCUT2D eigenvalue weighted by atomic mass is 9.48. The highest BCUT2D eigenvalue weighted by Crippen LogP contribution is 2.65. The molecule has 2 unspecified atom stereocenters. The molecule has 5 rings (SSSR count). The molecule has 1 aromatic rings. The Morgan fingerprint density at radius 3 is 2.57 bits per heavy atom. The molecule has 4 aliphatic carbocycles. The van der Waals surface area contributed by atoms with Gasteiger partial charge in [-0.25, -0.2) is 0 Å². The number of carbonyl (C=O) groups excluding carboxylic acids is 1. The summed E-state index contributed by atoms with van der Waals surface area (Å²) in [5, 5.41) is 3.19. The molecule has 1 aromatic carbocycles. The maximum Gasteiger partial charge on any atom is 0.224 e. The maximum absolute atomic E-state index is 12.7. The van der Waals surface area contributed by atoms with Gasteiger partial charge in [0.15, 0.2) is 0 Å². The van der Waals surface area contributed by atoms with Gasteiger partial charge < -0.3 is 5.32 Å². The van der Waals surface area contributed by atoms with Gasteiger partial charge in [0.25, 0.3) is 0 Å². The number of hydrogen-bond acceptors (Lipinski definition) is 1. The molecule has 2 nitrogen and oxygen atoms in total. The summed E-state index contributed by atoms with van der Waals surface area (Å²) in [7, 11) is 0. The number of hydrogen-bond donors (Lipinski definition) is 1. The fourth-order valence-electron chi connectivity index (χ4n) is 6.03. The first-order chi connectivity index (χ1) is 11.0. The van der Waals surface area contributed by atoms with E-state index in [1.54, 1.807) is 0 Å². The van der Waals surface area contributed by atoms with Crippen molar-refractivity contribution >= 4 is 27.5 Å². The van der Waals surface area contributed by atoms with E-state index in [0.717, 1.165) is 23.9 Å². The van der Waals surface area contributed by atoms with Gasteiger partial charge >= 0.3 is 0 Å². The second-order valence-electron chi connectivity index (χ2n) is 8.35. The number of alkyl halides is 1. The molecule has 1 amide bonds. The van der Waals surface area contributed by atoms with Crippen LogP contribution in [0.3, 0.4) is 0 Å². The molecule has 0 aromatic heterocycles. The summed E-state index contributed by atoms with van der Waals surface area (Å²) in [6, 6.07) is 8.19. The van der Waals surface area contributed by atoms with Gasteiger partial charge in [0.1, 0.15) is 0 Å². The normalized spacial score (nSPS) is 37.8. The highest BCUT2D eigenvalue weighted by Gasteiger charge is 2.57. The van der Waals surface area contributed by atoms with Crippen LogP contribution in [0.2, 0.25) is 0 Å². The van der Waals surface area contributed by atoms with Crippen molar-refractivity contribution in [2.24, 2.45) is 17.3 Å². The zero-order valence-electron chi connectivity index (χ0n) is 13.9. The van der Waals surface area contributed by atoms with E-state index < -0.39 is 0 Å². The quantitative estimate of drug-likeness (QED) is 0.709. The van der Waals surface area contributed by atoms with Crippen LogP contribution in [0.25, 0.3) is 0 Å². The van der Waals surface area contributed by atoms with Crippen LogP contribution in [0.4, 0.5) is 5.69 Å². The van der Waals surface area contributed by atoms with Crippen molar-refractivity contribution < 1.29 is 4.79 Å². The first-order valence-electron chi connectivity index (χ1n) is 9.06. The highest BCUT2D eigenvalue weighted by molar-refractivity contribution is 9.10. The lowest BCUT2D eigenvalue weighted by Crippen LogP contribution is -2.53. The average molecular weight is 376 g/mol. The monoisotopic (exact) mass is 375 g/mol. The Morgan fingerprint density at radius 2 is 1.91 bits per heavy atom. The third-order valence-corrected chi connectivity index (χ3v) is 7.25. The number of rotatable bonds is 4. The fourth-order valence-corrected chi connectivity index (χ4v) is 7.54. The van der Waals surface area contributed by atoms with Crippen LogP contribution in [-0.4, -0.2) is 10.2 Å². The summed E-state index contributed by atoms with van der Waals surface area (Å²) >= 11 is 4.04. The van der Waals surface area contributed by atoms with Crippen molar-refractivity contribution in [3.05, 3.63) is 29.8 Å². The molecule has 0 heterocycles. The topological polar surface area (TPSA) is 29.1 Å². The first-order valence-corrected chi connectivity index (χ1v) is 9.85. The number of aryl methyl sites for hydroxylation is 1. The van der Waals surface area contributed by atoms with Gasteiger partial charge in [-0.3, -0.25) is 4.79 Å². The lowest BCUT2D eigenvalue weighted by Gasteiger charge is -2.60. The first kappa shape index (κ1) is 15.7. The second-order valence-corrected chi connectivity index (χ2v) is 10.0. The van der Waals surface area contributed by atoms with Gasteiger partial charge in [0, 0.05) is 16.4 Å². The molecule has 3 heteroatoms. The molecule has 4 aliphatic rings. The summed E-state index contributed by atoms with van der Waals surface area (Å²) in [5.41, 5.74) is 2.47. The molecule has 1 N–H and O–H groups in total. The number of benzene rings is 1. The molecular formula is C20H26BrNO. The lowest BCUT2D eigenvalue weighted by molar-refractivity contribution is -0.123. The predicted octanol–water partition coefficient (Wildman–Crippen LogP) is 5.31. The van der Waals surface area contributed by atoms with Crippen LogP contribution in [0.5, 0.6) is 0 Å². The Kier molecular flexibility index (Phi) is 3.83. The summed E-state index contributed by atoms with van der Waals surface area (Å²) in [6.07, 6.45) is 9.42. The molecular weight excluding hydrogens is 350 g/mol. The van der Waals surface area contributed by atoms with Crippen molar-refractivity contribution in [1.82, 2.24) is 0 Å². The molecule has 0 aliphatic heterocycles. The average Bonchev–Trinajstić information content (AvgIpc) is 2.44. The molecule has 4 saturated carbocycles. The third kappa shape index (κ3) is 2.97. The van der Waals surface area contributed by atoms with E-state index in [4.69, 9.17) is 0 Å². The Labute approximate surface area is 147 Å². The van der Waals surface area contributed by atoms with E-state index in [0.29, 0.717) is 10.7 Å². The molecule has 0 radical (unpaired) electrons. The molecule has 0 saturated heterocycles. The standard InChI is InChI=1S/C20H26BrNO/c1-2-16-5-3-4-6-17(16)22-18(23)12-19-8-14-7-15(9-19)11-20(21,10-14)13-19/h3-6,14-15H,2,7-13H2,1H3,(H,22,23). The van der Waals surface area contributed by atoms with E-state index >= 15 is 0 Å². The van der Waals surface area contributed by atoms with Gasteiger partial charge in [0.05, 0.1) is 0 Å². The number of halogens is 1. The Hall–Kier alpha value is -0.830. The molecule has 0 spiro atoms. The van der Waals surface area contributed by atoms with E-state index in [1.807, 2.05) is 18.2 Å². The van der Waals surface area contributed by atoms with Crippen LogP contribution in [0.1, 0.15) is 57.4 Å². The minimum absolute atomic E-state index is 0.212. The fraction of sp³-hybridized carbons (Fsp3) is 0.650. The van der Waals surface area contributed by atoms with Crippen LogP contribution in [0, 0.1) is 17.3 Å². The SMILES string of the molecule is CCc1ccccc1NC(=O)CC12CC3CC(CC(Br)(C3)C1)C2. The molecule has 4 fully saturated rings. The Bertz CT molecular complexity index is 612. The minimum atomic E-state index is 0.212.